The SMILES string of the molecule is Brc1ccc2c(c1)c1ccccc1n2-c1ccc2oc3ccccc3c2c1.O[B]Oc1ccc2c(c1)c1ccc3c4ccccc4sc3c1n2-c1ccc(-c2ccc(-c3ccccc3)cc2)cc1.c1ccc(-c2ccc(-c3ccc(-n4c5ccc(-c6ccc7c(c6)c6ccccc6n7-c6ccc7oc8ccccc8c7c6)cc5c5ccc6c7ccccc7sc6c54)cc3)cc2)cc1. The van der Waals surface area contributed by atoms with Crippen LogP contribution in [0.3, 0.4) is 0 Å². The van der Waals surface area contributed by atoms with Gasteiger partial charge in [-0.25, -0.2) is 0 Å². The molecule has 619 valence electrons. The molecule has 1 radical (unpaired) electrons. The Morgan fingerprint density at radius 2 is 0.538 bits per heavy atom. The number of benzene rings is 20. The predicted octanol–water partition coefficient (Wildman–Crippen LogP) is 34.0. The van der Waals surface area contributed by atoms with Gasteiger partial charge in [-0.3, -0.25) is 0 Å². The second-order valence-electron chi connectivity index (χ2n) is 33.8. The van der Waals surface area contributed by atoms with E-state index in [2.05, 4.69) is 429 Å². The first kappa shape index (κ1) is 77.1. The lowest BCUT2D eigenvalue weighted by Crippen LogP contribution is -1.99. The van der Waals surface area contributed by atoms with Crippen molar-refractivity contribution in [1.82, 2.24) is 18.3 Å². The number of aromatic nitrogens is 4. The Morgan fingerprint density at radius 3 is 0.992 bits per heavy atom. The molecule has 0 unspecified atom stereocenters. The third-order valence-electron chi connectivity index (χ3n) is 26.5. The summed E-state index contributed by atoms with van der Waals surface area (Å²) in [6.45, 7) is 0. The van der Waals surface area contributed by atoms with Crippen LogP contribution in [0.5, 0.6) is 5.75 Å². The van der Waals surface area contributed by atoms with Crippen molar-refractivity contribution in [2.75, 3.05) is 0 Å². The molecule has 0 spiro atoms. The number of rotatable bonds is 11. The summed E-state index contributed by atoms with van der Waals surface area (Å²) in [4.78, 5) is 0. The lowest BCUT2D eigenvalue weighted by atomic mass is 10.00. The minimum atomic E-state index is 0.602. The van der Waals surface area contributed by atoms with Gasteiger partial charge >= 0.3 is 7.69 Å². The normalized spacial score (nSPS) is 11.9. The van der Waals surface area contributed by atoms with Gasteiger partial charge in [0.25, 0.3) is 0 Å². The summed E-state index contributed by atoms with van der Waals surface area (Å²) in [5.74, 6) is 0.602. The zero-order valence-electron chi connectivity index (χ0n) is 70.8. The van der Waals surface area contributed by atoms with Crippen molar-refractivity contribution >= 4 is 218 Å². The van der Waals surface area contributed by atoms with Gasteiger partial charge in [-0.1, -0.05) is 295 Å². The molecular weight excluding hydrogens is 1720 g/mol. The average Bonchev–Trinajstić information content (AvgIpc) is 1.56. The Labute approximate surface area is 773 Å². The Kier molecular flexibility index (Phi) is 18.4. The molecule has 1 N–H and O–H groups in total. The van der Waals surface area contributed by atoms with Crippen LogP contribution in [0.2, 0.25) is 0 Å². The summed E-state index contributed by atoms with van der Waals surface area (Å²) in [5, 5.41) is 28.7. The molecule has 28 rings (SSSR count). The number of para-hydroxylation sites is 4. The molecule has 0 fully saturated rings. The van der Waals surface area contributed by atoms with E-state index in [1.807, 2.05) is 65.1 Å². The molecule has 0 aliphatic rings. The number of nitrogens with zero attached hydrogens (tertiary/aromatic N) is 4. The third-order valence-corrected chi connectivity index (χ3v) is 29.4. The molecule has 0 aliphatic heterocycles. The molecule has 8 aromatic heterocycles. The Bertz CT molecular complexity index is 9490. The molecular formula is C120H73BBrN4O4S2. The van der Waals surface area contributed by atoms with Crippen LogP contribution in [-0.2, 0) is 0 Å². The van der Waals surface area contributed by atoms with Gasteiger partial charge in [0.05, 0.1) is 53.5 Å². The van der Waals surface area contributed by atoms with E-state index in [-0.39, 0.29) is 0 Å². The van der Waals surface area contributed by atoms with Gasteiger partial charge in [-0.05, 0) is 213 Å². The molecule has 0 aliphatic carbocycles. The van der Waals surface area contributed by atoms with Crippen molar-refractivity contribution in [2.45, 2.75) is 0 Å². The minimum absolute atomic E-state index is 0.602. The number of fused-ring (bicyclic) bond motifs is 26. The highest BCUT2D eigenvalue weighted by atomic mass is 79.9. The van der Waals surface area contributed by atoms with E-state index < -0.39 is 0 Å². The van der Waals surface area contributed by atoms with E-state index >= 15 is 0 Å². The van der Waals surface area contributed by atoms with Crippen LogP contribution in [0.1, 0.15) is 0 Å². The van der Waals surface area contributed by atoms with Gasteiger partial charge in [0.2, 0.25) is 0 Å². The van der Waals surface area contributed by atoms with Gasteiger partial charge in [0.1, 0.15) is 28.1 Å². The fraction of sp³-hybridized carbons (Fsp3) is 0. The Morgan fingerprint density at radius 1 is 0.220 bits per heavy atom. The number of halogens is 1. The second-order valence-corrected chi connectivity index (χ2v) is 36.8. The fourth-order valence-electron chi connectivity index (χ4n) is 20.3. The van der Waals surface area contributed by atoms with Crippen molar-refractivity contribution in [3.05, 3.63) is 441 Å². The van der Waals surface area contributed by atoms with Crippen LogP contribution >= 0.6 is 38.6 Å². The molecule has 0 atom stereocenters. The summed E-state index contributed by atoms with van der Waals surface area (Å²) in [5.41, 5.74) is 29.7. The quantitative estimate of drug-likeness (QED) is 0.131. The van der Waals surface area contributed by atoms with Crippen molar-refractivity contribution in [3.8, 4) is 84.1 Å². The highest BCUT2D eigenvalue weighted by Crippen LogP contribution is 2.49. The summed E-state index contributed by atoms with van der Waals surface area (Å²) in [6.07, 6.45) is 0. The minimum Gasteiger partial charge on any atom is -0.537 e. The maximum Gasteiger partial charge on any atom is 0.569 e. The standard InChI is InChI=1S/C60H36N2OS.C36H23BNO2S.C24H14BrNO/c1-2-10-37(11-3-1)38-18-20-39(21-19-38)40-22-26-43(27-23-40)62-55-32-25-42(35-51(55)48-29-30-49-47-14-6-9-17-58(47)64-60(49)59(48)62)41-24-31-54-50(34-41)45-12-4-7-15-53(45)61(54)44-28-33-57-52(36-44)46-13-5-8-16-56(46)63-57;39-37-40-28-18-21-33-32(22-28)30-19-20-31-29-8-4-5-9-34(29)41-36(31)35(30)38(33)27-16-14-26(15-17-27)25-12-10-24(11-13-25)23-6-2-1-3-7-23;25-15-9-11-22-19(13-15)17-5-1-3-7-21(17)26(22)16-10-12-24-20(14-16)18-6-2-4-8-23(18)27-24/h1-36H;1-22,39H;1-14H. The molecule has 0 saturated carbocycles. The zero-order valence-corrected chi connectivity index (χ0v) is 74.0. The average molecular weight is 1790 g/mol. The molecule has 0 amide bonds. The first-order chi connectivity index (χ1) is 65.3. The topological polar surface area (TPSA) is 75.5 Å². The van der Waals surface area contributed by atoms with E-state index in [4.69, 9.17) is 13.5 Å². The van der Waals surface area contributed by atoms with Crippen LogP contribution in [0.4, 0.5) is 0 Å². The van der Waals surface area contributed by atoms with Crippen molar-refractivity contribution in [1.29, 1.82) is 0 Å². The largest absolute Gasteiger partial charge is 0.569 e. The molecule has 0 saturated heterocycles. The van der Waals surface area contributed by atoms with Crippen LogP contribution in [0.15, 0.2) is 450 Å². The molecule has 20 aromatic carbocycles. The molecule has 0 bridgehead atoms. The number of thiophene rings is 2. The lowest BCUT2D eigenvalue weighted by molar-refractivity contribution is 0.454. The highest BCUT2D eigenvalue weighted by Gasteiger charge is 2.25. The van der Waals surface area contributed by atoms with E-state index in [0.717, 1.165) is 95.1 Å². The van der Waals surface area contributed by atoms with E-state index in [9.17, 15) is 5.02 Å². The third kappa shape index (κ3) is 12.8. The van der Waals surface area contributed by atoms with Gasteiger partial charge in [-0.2, -0.15) is 0 Å². The van der Waals surface area contributed by atoms with Gasteiger partial charge in [0.15, 0.2) is 0 Å². The van der Waals surface area contributed by atoms with Crippen LogP contribution < -0.4 is 4.65 Å². The van der Waals surface area contributed by atoms with Gasteiger partial charge in [0, 0.05) is 123 Å². The lowest BCUT2D eigenvalue weighted by Gasteiger charge is -2.11. The monoisotopic (exact) mass is 1790 g/mol. The predicted molar refractivity (Wildman–Crippen MR) is 560 cm³/mol. The number of hydrogen-bond donors (Lipinski definition) is 1. The molecule has 132 heavy (non-hydrogen) atoms. The molecule has 8 nitrogen and oxygen atoms in total. The van der Waals surface area contributed by atoms with E-state index in [1.54, 1.807) is 0 Å². The zero-order chi connectivity index (χ0) is 87.2. The summed E-state index contributed by atoms with van der Waals surface area (Å²) < 4.78 is 33.4. The Balaban J connectivity index is 0.000000114. The van der Waals surface area contributed by atoms with Crippen LogP contribution in [-0.4, -0.2) is 31.0 Å². The van der Waals surface area contributed by atoms with Gasteiger partial charge < -0.3 is 36.8 Å². The summed E-state index contributed by atoms with van der Waals surface area (Å²) >= 11 is 7.34. The van der Waals surface area contributed by atoms with Crippen molar-refractivity contribution in [2.24, 2.45) is 0 Å². The second kappa shape index (κ2) is 31.4. The maximum absolute atomic E-state index is 9.25. The summed E-state index contributed by atoms with van der Waals surface area (Å²) in [6, 6.07) is 156. The smallest absolute Gasteiger partial charge is 0.537 e. The van der Waals surface area contributed by atoms with E-state index in [0.29, 0.717) is 5.75 Å². The number of hydrogen-bond acceptors (Lipinski definition) is 6. The molecule has 12 heteroatoms. The highest BCUT2D eigenvalue weighted by molar-refractivity contribution is 9.10. The van der Waals surface area contributed by atoms with Crippen molar-refractivity contribution < 1.29 is 18.5 Å². The molecule has 8 heterocycles. The van der Waals surface area contributed by atoms with Gasteiger partial charge in [-0.15, -0.1) is 22.7 Å². The first-order valence-corrected chi connectivity index (χ1v) is 46.7. The fourth-order valence-corrected chi connectivity index (χ4v) is 23.2. The Hall–Kier alpha value is -16.1. The first-order valence-electron chi connectivity index (χ1n) is 44.3. The number of furan rings is 2. The van der Waals surface area contributed by atoms with Crippen LogP contribution in [0, 0.1) is 0 Å². The van der Waals surface area contributed by atoms with Crippen LogP contribution in [0.25, 0.3) is 250 Å². The van der Waals surface area contributed by atoms with Crippen molar-refractivity contribution in [3.63, 3.8) is 0 Å². The van der Waals surface area contributed by atoms with E-state index in [1.165, 1.54) is 167 Å². The maximum atomic E-state index is 9.25. The summed E-state index contributed by atoms with van der Waals surface area (Å²) in [7, 11) is 0.732. The molecule has 28 aromatic rings.